The van der Waals surface area contributed by atoms with Gasteiger partial charge in [0.05, 0.1) is 18.3 Å². The molecule has 5 N–H and O–H groups in total. The molecule has 0 aromatic carbocycles. The van der Waals surface area contributed by atoms with Crippen LogP contribution in [0.5, 0.6) is 0 Å². The van der Waals surface area contributed by atoms with Gasteiger partial charge in [0.25, 0.3) is 0 Å². The van der Waals surface area contributed by atoms with Crippen molar-refractivity contribution in [3.8, 4) is 0 Å². The van der Waals surface area contributed by atoms with Crippen LogP contribution in [0.25, 0.3) is 0 Å². The molecule has 5 aliphatic carbocycles. The van der Waals surface area contributed by atoms with Crippen molar-refractivity contribution in [2.75, 3.05) is 0 Å². The van der Waals surface area contributed by atoms with Crippen molar-refractivity contribution in [3.05, 3.63) is 0 Å². The number of hydrogen-bond acceptors (Lipinski definition) is 6. The van der Waals surface area contributed by atoms with Crippen LogP contribution in [-0.4, -0.2) is 47.8 Å². The molecule has 13 atom stereocenters. The van der Waals surface area contributed by atoms with Crippen LogP contribution in [-0.2, 0) is 14.2 Å². The number of hydrogen-bond donors (Lipinski definition) is 3. The Labute approximate surface area is 239 Å². The molecule has 0 radical (unpaired) electrons. The highest BCUT2D eigenvalue weighted by Crippen LogP contribution is 2.89. The predicted molar refractivity (Wildman–Crippen MR) is 150 cm³/mol. The first-order valence-corrected chi connectivity index (χ1v) is 15.8. The molecule has 1 aliphatic heterocycles. The van der Waals surface area contributed by atoms with Crippen molar-refractivity contribution in [1.82, 2.24) is 0 Å². The van der Waals surface area contributed by atoms with Gasteiger partial charge < -0.3 is 30.8 Å². The molecule has 40 heavy (non-hydrogen) atoms. The Balaban J connectivity index is 1.32. The second-order valence-corrected chi connectivity index (χ2v) is 16.1. The molecule has 226 valence electrons. The zero-order valence-corrected chi connectivity index (χ0v) is 25.6. The first-order chi connectivity index (χ1) is 18.6. The van der Waals surface area contributed by atoms with Crippen molar-refractivity contribution in [1.29, 1.82) is 0 Å². The fourth-order valence-electron chi connectivity index (χ4n) is 12.7. The van der Waals surface area contributed by atoms with Crippen LogP contribution in [0.15, 0.2) is 0 Å². The van der Waals surface area contributed by atoms with Crippen LogP contribution >= 0.6 is 0 Å². The highest BCUT2D eigenvalue weighted by atomic mass is 16.6. The highest BCUT2D eigenvalue weighted by Gasteiger charge is 2.84. The van der Waals surface area contributed by atoms with Gasteiger partial charge in [-0.1, -0.05) is 48.5 Å². The molecule has 2 amide bonds. The minimum Gasteiger partial charge on any atom is -0.446 e. The average Bonchev–Trinajstić information content (AvgIpc) is 3.48. The molecule has 0 aromatic rings. The third-order valence-corrected chi connectivity index (χ3v) is 14.3. The molecule has 6 fully saturated rings. The van der Waals surface area contributed by atoms with Crippen molar-refractivity contribution >= 4 is 12.2 Å². The minimum atomic E-state index is -0.770. The summed E-state index contributed by atoms with van der Waals surface area (Å²) < 4.78 is 18.0. The molecule has 1 saturated heterocycles. The molecule has 4 unspecified atom stereocenters. The van der Waals surface area contributed by atoms with E-state index in [0.29, 0.717) is 17.8 Å². The number of aliphatic hydroxyl groups is 1. The van der Waals surface area contributed by atoms with Crippen molar-refractivity contribution in [3.63, 3.8) is 0 Å². The number of amides is 2. The van der Waals surface area contributed by atoms with Crippen LogP contribution < -0.4 is 11.5 Å². The summed E-state index contributed by atoms with van der Waals surface area (Å²) in [4.78, 5) is 23.4. The molecule has 8 heteroatoms. The maximum Gasteiger partial charge on any atom is 0.404 e. The normalized spacial score (nSPS) is 52.7. The van der Waals surface area contributed by atoms with Gasteiger partial charge in [-0.15, -0.1) is 0 Å². The van der Waals surface area contributed by atoms with Crippen molar-refractivity contribution in [2.24, 2.45) is 68.1 Å². The molecule has 8 nitrogen and oxygen atoms in total. The lowest BCUT2D eigenvalue weighted by Gasteiger charge is -2.63. The van der Waals surface area contributed by atoms with E-state index in [-0.39, 0.29) is 57.2 Å². The molecule has 1 heterocycles. The first kappa shape index (κ1) is 28.6. The lowest BCUT2D eigenvalue weighted by Crippen LogP contribution is -2.60. The van der Waals surface area contributed by atoms with Crippen molar-refractivity contribution < 1.29 is 28.9 Å². The summed E-state index contributed by atoms with van der Waals surface area (Å²) in [5.41, 5.74) is 11.0. The third kappa shape index (κ3) is 3.38. The summed E-state index contributed by atoms with van der Waals surface area (Å²) >= 11 is 0. The van der Waals surface area contributed by atoms with E-state index in [4.69, 9.17) is 25.7 Å². The summed E-state index contributed by atoms with van der Waals surface area (Å²) in [5, 5.41) is 12.4. The first-order valence-electron chi connectivity index (χ1n) is 15.8. The summed E-state index contributed by atoms with van der Waals surface area (Å²) in [7, 11) is 0. The molecule has 0 bridgehead atoms. The van der Waals surface area contributed by atoms with Gasteiger partial charge in [-0.2, -0.15) is 0 Å². The molecular weight excluding hydrogens is 508 g/mol. The second kappa shape index (κ2) is 8.75. The minimum absolute atomic E-state index is 0.0341. The fourth-order valence-corrected chi connectivity index (χ4v) is 12.7. The number of aliphatic hydroxyl groups excluding tert-OH is 1. The summed E-state index contributed by atoms with van der Waals surface area (Å²) in [6, 6.07) is 0. The van der Waals surface area contributed by atoms with E-state index in [1.807, 2.05) is 13.8 Å². The molecular formula is C32H52N2O6. The maximum atomic E-state index is 12.4. The average molecular weight is 561 g/mol. The van der Waals surface area contributed by atoms with Crippen LogP contribution in [0.4, 0.5) is 9.59 Å². The van der Waals surface area contributed by atoms with Gasteiger partial charge in [-0.3, -0.25) is 0 Å². The molecule has 0 aromatic heterocycles. The lowest BCUT2D eigenvalue weighted by atomic mass is 9.41. The Bertz CT molecular complexity index is 1080. The largest absolute Gasteiger partial charge is 0.446 e. The standard InChI is InChI=1S/C32H52N2O6/c1-16(2)23(40-27(34)37)18-14-17(3)22-24(38-18)25(35)30(7)20-9-8-19-28(4,5)21(39-26(33)36)10-11-31(19)15-32(20,31)13-12-29(22,30)6/h16-25,35H,8-15H2,1-7H3,(H2,33,36)(H2,34,37)/t17-,18?,19+,20?,21+,22+,23-,24?,25+,29-,30-,31?,32+/m1/s1. The van der Waals surface area contributed by atoms with Crippen molar-refractivity contribution in [2.45, 2.75) is 130 Å². The van der Waals surface area contributed by atoms with E-state index in [2.05, 4.69) is 34.6 Å². The van der Waals surface area contributed by atoms with Gasteiger partial charge >= 0.3 is 12.2 Å². The Morgan fingerprint density at radius 1 is 0.950 bits per heavy atom. The van der Waals surface area contributed by atoms with Gasteiger partial charge in [0.15, 0.2) is 0 Å². The number of carbonyl (C=O) groups excluding carboxylic acids is 2. The van der Waals surface area contributed by atoms with Crippen LogP contribution in [0.3, 0.4) is 0 Å². The Morgan fingerprint density at radius 3 is 2.23 bits per heavy atom. The number of nitrogens with two attached hydrogens (primary N) is 2. The Kier molecular flexibility index (Phi) is 6.25. The molecule has 5 saturated carbocycles. The Hall–Kier alpha value is -1.54. The topological polar surface area (TPSA) is 134 Å². The van der Waals surface area contributed by atoms with Gasteiger partial charge in [0.1, 0.15) is 12.2 Å². The summed E-state index contributed by atoms with van der Waals surface area (Å²) in [5.74, 6) is 1.57. The van der Waals surface area contributed by atoms with Crippen LogP contribution in [0, 0.1) is 56.7 Å². The quantitative estimate of drug-likeness (QED) is 0.422. The number of rotatable bonds is 4. The lowest BCUT2D eigenvalue weighted by molar-refractivity contribution is -0.184. The SMILES string of the molecule is CC(C)[C@@H](OC(N)=O)C1C[C@@H](C)[C@H]2C(O1)[C@H](O)[C@@]1(C)C3CC[C@H]4C(C)(C)[C@@H](OC(N)=O)CCC45C[C@@]35CC[C@]21C. The second-order valence-electron chi connectivity index (χ2n) is 16.1. The zero-order valence-electron chi connectivity index (χ0n) is 25.6. The summed E-state index contributed by atoms with van der Waals surface area (Å²) in [6.07, 6.45) is 5.29. The monoisotopic (exact) mass is 560 g/mol. The zero-order chi connectivity index (χ0) is 29.2. The van der Waals surface area contributed by atoms with Gasteiger partial charge in [0.2, 0.25) is 0 Å². The highest BCUT2D eigenvalue weighted by molar-refractivity contribution is 5.65. The van der Waals surface area contributed by atoms with Crippen LogP contribution in [0.1, 0.15) is 99.8 Å². The van der Waals surface area contributed by atoms with E-state index in [0.717, 1.165) is 38.5 Å². The van der Waals surface area contributed by atoms with Gasteiger partial charge in [-0.05, 0) is 97.2 Å². The number of fused-ring (bicyclic) bond motifs is 4. The Morgan fingerprint density at radius 2 is 1.60 bits per heavy atom. The van der Waals surface area contributed by atoms with E-state index >= 15 is 0 Å². The van der Waals surface area contributed by atoms with Gasteiger partial charge in [0, 0.05) is 10.8 Å². The van der Waals surface area contributed by atoms with E-state index < -0.39 is 24.4 Å². The third-order valence-electron chi connectivity index (χ3n) is 14.3. The summed E-state index contributed by atoms with van der Waals surface area (Å²) in [6.45, 7) is 15.7. The number of carbonyl (C=O) groups is 2. The smallest absolute Gasteiger partial charge is 0.404 e. The molecule has 6 rings (SSSR count). The number of primary amides is 2. The number of ether oxygens (including phenoxy) is 3. The van der Waals surface area contributed by atoms with E-state index in [9.17, 15) is 14.7 Å². The van der Waals surface area contributed by atoms with Crippen LogP contribution in [0.2, 0.25) is 0 Å². The predicted octanol–water partition coefficient (Wildman–Crippen LogP) is 5.38. The van der Waals surface area contributed by atoms with Gasteiger partial charge in [-0.25, -0.2) is 9.59 Å². The van der Waals surface area contributed by atoms with E-state index in [1.54, 1.807) is 0 Å². The fraction of sp³-hybridized carbons (Fsp3) is 0.938. The molecule has 2 spiro atoms. The maximum absolute atomic E-state index is 12.4. The van der Waals surface area contributed by atoms with E-state index in [1.165, 1.54) is 12.8 Å². The molecule has 6 aliphatic rings.